The van der Waals surface area contributed by atoms with Gasteiger partial charge in [-0.2, -0.15) is 0 Å². The van der Waals surface area contributed by atoms with Gasteiger partial charge < -0.3 is 15.2 Å². The van der Waals surface area contributed by atoms with Crippen LogP contribution in [0.25, 0.3) is 0 Å². The maximum absolute atomic E-state index is 14.6. The number of carbonyl (C=O) groups is 2. The molecule has 2 aliphatic rings. The van der Waals surface area contributed by atoms with E-state index in [4.69, 9.17) is 21.4 Å². The molecule has 39 heavy (non-hydrogen) atoms. The Kier molecular flexibility index (Phi) is 9.57. The molecule has 0 radical (unpaired) electrons. The normalized spacial score (nSPS) is 21.3. The number of aromatic nitrogens is 1. The molecule has 210 valence electrons. The zero-order valence-corrected chi connectivity index (χ0v) is 23.2. The molecule has 0 amide bonds. The van der Waals surface area contributed by atoms with Crippen LogP contribution in [-0.2, 0) is 14.3 Å². The summed E-state index contributed by atoms with van der Waals surface area (Å²) < 4.78 is 48.4. The highest BCUT2D eigenvalue weighted by Gasteiger charge is 2.42. The smallest absolute Gasteiger partial charge is 0.338 e. The lowest BCUT2D eigenvalue weighted by atomic mass is 9.94. The number of piperidine rings is 1. The van der Waals surface area contributed by atoms with E-state index in [0.29, 0.717) is 22.2 Å². The summed E-state index contributed by atoms with van der Waals surface area (Å²) in [4.78, 5) is 34.8. The van der Waals surface area contributed by atoms with Crippen molar-refractivity contribution in [2.45, 2.75) is 37.8 Å². The molecule has 4 rings (SSSR count). The fourth-order valence-electron chi connectivity index (χ4n) is 4.49. The number of esters is 1. The summed E-state index contributed by atoms with van der Waals surface area (Å²) in [5.41, 5.74) is 0.688. The summed E-state index contributed by atoms with van der Waals surface area (Å²) in [6, 6.07) is 2.36. The van der Waals surface area contributed by atoms with Crippen LogP contribution >= 0.6 is 34.7 Å². The highest BCUT2D eigenvalue weighted by atomic mass is 35.5. The largest absolute Gasteiger partial charge is 0.481 e. The van der Waals surface area contributed by atoms with E-state index in [1.165, 1.54) is 23.5 Å². The Morgan fingerprint density at radius 3 is 2.85 bits per heavy atom. The van der Waals surface area contributed by atoms with E-state index < -0.39 is 36.3 Å². The number of amidine groups is 1. The number of carboxylic acid groups (broad SMARTS) is 1. The van der Waals surface area contributed by atoms with Gasteiger partial charge >= 0.3 is 11.9 Å². The predicted molar refractivity (Wildman–Crippen MR) is 144 cm³/mol. The summed E-state index contributed by atoms with van der Waals surface area (Å²) >= 11 is 8.82. The zero-order chi connectivity index (χ0) is 28.2. The SMILES string of the molecule is CCOC(=O)C1=C(CN2CC(F)(F)CCC2CSCC(=O)O)NC(c2nccs2)=NC1c1ccc(F)cc1Cl. The van der Waals surface area contributed by atoms with Gasteiger partial charge in [0.25, 0.3) is 5.92 Å². The summed E-state index contributed by atoms with van der Waals surface area (Å²) in [7, 11) is 0. The van der Waals surface area contributed by atoms with Gasteiger partial charge in [-0.3, -0.25) is 14.7 Å². The number of carbonyl (C=O) groups excluding carboxylic acids is 1. The molecule has 0 spiro atoms. The van der Waals surface area contributed by atoms with Crippen LogP contribution in [0.1, 0.15) is 36.4 Å². The molecule has 0 bridgehead atoms. The number of likely N-dealkylation sites (tertiary alicyclic amines) is 1. The van der Waals surface area contributed by atoms with E-state index >= 15 is 0 Å². The topological polar surface area (TPSA) is 104 Å². The van der Waals surface area contributed by atoms with E-state index in [9.17, 15) is 22.8 Å². The number of hydrogen-bond donors (Lipinski definition) is 2. The van der Waals surface area contributed by atoms with Crippen molar-refractivity contribution in [3.8, 4) is 0 Å². The van der Waals surface area contributed by atoms with Gasteiger partial charge in [0, 0.05) is 52.6 Å². The number of rotatable bonds is 10. The van der Waals surface area contributed by atoms with Crippen molar-refractivity contribution < 1.29 is 32.6 Å². The van der Waals surface area contributed by atoms with Crippen molar-refractivity contribution in [3.63, 3.8) is 0 Å². The second-order valence-corrected chi connectivity index (χ2v) is 11.3. The molecule has 2 unspecified atom stereocenters. The molecule has 2 N–H and O–H groups in total. The van der Waals surface area contributed by atoms with Gasteiger partial charge in [-0.1, -0.05) is 17.7 Å². The van der Waals surface area contributed by atoms with Crippen LogP contribution in [0.5, 0.6) is 0 Å². The number of ether oxygens (including phenoxy) is 1. The number of benzene rings is 1. The highest BCUT2D eigenvalue weighted by Crippen LogP contribution is 2.38. The van der Waals surface area contributed by atoms with Crippen LogP contribution in [0.2, 0.25) is 5.02 Å². The second-order valence-electron chi connectivity index (χ2n) is 8.98. The van der Waals surface area contributed by atoms with E-state index in [-0.39, 0.29) is 54.1 Å². The summed E-state index contributed by atoms with van der Waals surface area (Å²) in [6.07, 6.45) is 1.41. The number of halogens is 4. The zero-order valence-electron chi connectivity index (χ0n) is 20.8. The molecule has 0 saturated carbocycles. The third-order valence-electron chi connectivity index (χ3n) is 6.20. The minimum absolute atomic E-state index is 0.0396. The van der Waals surface area contributed by atoms with Crippen molar-refractivity contribution in [2.75, 3.05) is 31.2 Å². The van der Waals surface area contributed by atoms with E-state index in [2.05, 4.69) is 15.3 Å². The van der Waals surface area contributed by atoms with Gasteiger partial charge in [-0.05, 0) is 25.5 Å². The molecule has 3 heterocycles. The maximum Gasteiger partial charge on any atom is 0.338 e. The molecule has 14 heteroatoms. The van der Waals surface area contributed by atoms with Crippen LogP contribution in [-0.4, -0.2) is 75.9 Å². The number of thiazole rings is 1. The fraction of sp³-hybridized carbons (Fsp3) is 0.440. The summed E-state index contributed by atoms with van der Waals surface area (Å²) in [6.45, 7) is 1.03. The van der Waals surface area contributed by atoms with Crippen molar-refractivity contribution in [2.24, 2.45) is 4.99 Å². The first kappa shape index (κ1) is 29.4. The third kappa shape index (κ3) is 7.33. The quantitative estimate of drug-likeness (QED) is 0.375. The summed E-state index contributed by atoms with van der Waals surface area (Å²) in [5, 5.41) is 14.4. The number of thioether (sulfide) groups is 1. The van der Waals surface area contributed by atoms with Gasteiger partial charge in [0.05, 0.1) is 24.5 Å². The second kappa shape index (κ2) is 12.7. The lowest BCUT2D eigenvalue weighted by Crippen LogP contribution is -2.52. The van der Waals surface area contributed by atoms with Crippen LogP contribution in [0.4, 0.5) is 13.2 Å². The third-order valence-corrected chi connectivity index (χ3v) is 8.38. The number of aliphatic carboxylic acids is 1. The van der Waals surface area contributed by atoms with Crippen LogP contribution < -0.4 is 5.32 Å². The highest BCUT2D eigenvalue weighted by molar-refractivity contribution is 7.99. The van der Waals surface area contributed by atoms with Crippen molar-refractivity contribution in [1.29, 1.82) is 0 Å². The number of alkyl halides is 2. The molecule has 0 aliphatic carbocycles. The van der Waals surface area contributed by atoms with Gasteiger partial charge in [-0.15, -0.1) is 23.1 Å². The Morgan fingerprint density at radius 1 is 1.38 bits per heavy atom. The van der Waals surface area contributed by atoms with Gasteiger partial charge in [0.1, 0.15) is 11.9 Å². The van der Waals surface area contributed by atoms with Crippen molar-refractivity contribution in [3.05, 3.63) is 62.5 Å². The number of aliphatic imine (C=N–C) groups is 1. The number of nitrogens with zero attached hydrogens (tertiary/aromatic N) is 3. The van der Waals surface area contributed by atoms with E-state index in [1.54, 1.807) is 23.4 Å². The monoisotopic (exact) mass is 602 g/mol. The standard InChI is InChI=1S/C25H26ClF3N4O4S2/c1-2-37-24(36)20-18(10-33-13-25(28,29)6-5-15(33)11-38-12-19(34)35)31-22(23-30-7-8-39-23)32-21(20)16-4-3-14(27)9-17(16)26/h3-4,7-9,15,21H,2,5-6,10-13H2,1H3,(H,31,32)(H,34,35). The molecule has 1 saturated heterocycles. The first-order chi connectivity index (χ1) is 18.6. The molecular formula is C25H26ClF3N4O4S2. The molecule has 2 aliphatic heterocycles. The van der Waals surface area contributed by atoms with Gasteiger partial charge in [0.15, 0.2) is 10.8 Å². The van der Waals surface area contributed by atoms with E-state index in [1.807, 2.05) is 0 Å². The van der Waals surface area contributed by atoms with Crippen LogP contribution in [0.3, 0.4) is 0 Å². The van der Waals surface area contributed by atoms with Crippen LogP contribution in [0, 0.1) is 5.82 Å². The number of nitrogens with one attached hydrogen (secondary N) is 1. The minimum atomic E-state index is -2.96. The fourth-order valence-corrected chi connectivity index (χ4v) is 6.29. The molecule has 1 fully saturated rings. The van der Waals surface area contributed by atoms with Gasteiger partial charge in [0.2, 0.25) is 0 Å². The minimum Gasteiger partial charge on any atom is -0.481 e. The first-order valence-electron chi connectivity index (χ1n) is 12.1. The van der Waals surface area contributed by atoms with Crippen molar-refractivity contribution >= 4 is 52.5 Å². The summed E-state index contributed by atoms with van der Waals surface area (Å²) in [5.74, 6) is -4.75. The average molecular weight is 603 g/mol. The Bertz CT molecular complexity index is 1280. The van der Waals surface area contributed by atoms with E-state index in [0.717, 1.165) is 17.8 Å². The Morgan fingerprint density at radius 2 is 2.18 bits per heavy atom. The Labute approximate surface area is 236 Å². The van der Waals surface area contributed by atoms with Crippen molar-refractivity contribution in [1.82, 2.24) is 15.2 Å². The van der Waals surface area contributed by atoms with Crippen LogP contribution in [0.15, 0.2) is 46.0 Å². The maximum atomic E-state index is 14.6. The molecule has 8 nitrogen and oxygen atoms in total. The molecule has 1 aromatic carbocycles. The lowest BCUT2D eigenvalue weighted by molar-refractivity contribution is -0.139. The first-order valence-corrected chi connectivity index (χ1v) is 14.5. The molecular weight excluding hydrogens is 577 g/mol. The Hall–Kier alpha value is -2.61. The predicted octanol–water partition coefficient (Wildman–Crippen LogP) is 4.76. The molecule has 1 aromatic heterocycles. The van der Waals surface area contributed by atoms with Gasteiger partial charge in [-0.25, -0.2) is 22.9 Å². The lowest BCUT2D eigenvalue weighted by Gasteiger charge is -2.40. The average Bonchev–Trinajstić information content (AvgIpc) is 3.40. The number of hydrogen-bond acceptors (Lipinski definition) is 9. The molecule has 2 aromatic rings. The molecule has 2 atom stereocenters. The Balaban J connectivity index is 1.78. The number of carboxylic acids is 1.